The van der Waals surface area contributed by atoms with E-state index in [0.717, 1.165) is 38.8 Å². The minimum atomic E-state index is -0.781. The van der Waals surface area contributed by atoms with E-state index in [2.05, 4.69) is 5.32 Å². The molecule has 2 rings (SSSR count). The van der Waals surface area contributed by atoms with E-state index in [1.54, 1.807) is 0 Å². The van der Waals surface area contributed by atoms with Gasteiger partial charge in [0.25, 0.3) is 0 Å². The van der Waals surface area contributed by atoms with Crippen molar-refractivity contribution < 1.29 is 19.4 Å². The van der Waals surface area contributed by atoms with Crippen LogP contribution in [0.15, 0.2) is 0 Å². The van der Waals surface area contributed by atoms with Crippen LogP contribution in [0.5, 0.6) is 0 Å². The van der Waals surface area contributed by atoms with Crippen LogP contribution in [-0.2, 0) is 14.3 Å². The third-order valence-corrected chi connectivity index (χ3v) is 4.13. The molecule has 0 amide bonds. The summed E-state index contributed by atoms with van der Waals surface area (Å²) in [6, 6.07) is 0. The molecule has 19 heavy (non-hydrogen) atoms. The normalized spacial score (nSPS) is 34.8. The Bertz CT molecular complexity index is 304. The van der Waals surface area contributed by atoms with Crippen molar-refractivity contribution in [1.29, 1.82) is 0 Å². The number of carbonyl (C=O) groups is 1. The summed E-state index contributed by atoms with van der Waals surface area (Å²) in [6.45, 7) is 4.22. The molecule has 1 aliphatic heterocycles. The maximum atomic E-state index is 11.5. The Labute approximate surface area is 114 Å². The molecular formula is C14H25NO4. The quantitative estimate of drug-likeness (QED) is 0.735. The van der Waals surface area contributed by atoms with E-state index in [1.165, 1.54) is 0 Å². The Morgan fingerprint density at radius 1 is 1.53 bits per heavy atom. The summed E-state index contributed by atoms with van der Waals surface area (Å²) in [5.74, 6) is -0.746. The predicted molar refractivity (Wildman–Crippen MR) is 71.2 cm³/mol. The average Bonchev–Trinajstić information content (AvgIpc) is 3.04. The zero-order chi connectivity index (χ0) is 13.7. The van der Waals surface area contributed by atoms with E-state index in [1.807, 2.05) is 6.92 Å². The van der Waals surface area contributed by atoms with Gasteiger partial charge in [-0.15, -0.1) is 0 Å². The van der Waals surface area contributed by atoms with Gasteiger partial charge in [-0.25, -0.2) is 0 Å². The van der Waals surface area contributed by atoms with E-state index in [0.29, 0.717) is 19.4 Å². The lowest BCUT2D eigenvalue weighted by Gasteiger charge is -2.26. The number of ether oxygens (including phenoxy) is 2. The number of carboxylic acid groups (broad SMARTS) is 1. The second kappa shape index (κ2) is 6.68. The molecule has 0 radical (unpaired) electrons. The number of nitrogens with one attached hydrogen (secondary N) is 1. The van der Waals surface area contributed by atoms with Crippen LogP contribution in [-0.4, -0.2) is 48.6 Å². The highest BCUT2D eigenvalue weighted by Crippen LogP contribution is 2.32. The summed E-state index contributed by atoms with van der Waals surface area (Å²) in [4.78, 5) is 11.5. The minimum absolute atomic E-state index is 0.0460. The molecule has 0 bridgehead atoms. The predicted octanol–water partition coefficient (Wildman–Crippen LogP) is 1.56. The fourth-order valence-electron chi connectivity index (χ4n) is 2.96. The van der Waals surface area contributed by atoms with Crippen LogP contribution in [0.4, 0.5) is 0 Å². The van der Waals surface area contributed by atoms with Gasteiger partial charge >= 0.3 is 5.97 Å². The molecule has 1 aliphatic carbocycles. The highest BCUT2D eigenvalue weighted by Gasteiger charge is 2.45. The number of rotatable bonds is 7. The second-order valence-electron chi connectivity index (χ2n) is 5.65. The molecule has 1 saturated heterocycles. The highest BCUT2D eigenvalue weighted by molar-refractivity contribution is 5.79. The van der Waals surface area contributed by atoms with Crippen molar-refractivity contribution in [2.75, 3.05) is 19.8 Å². The van der Waals surface area contributed by atoms with E-state index in [4.69, 9.17) is 9.47 Å². The Morgan fingerprint density at radius 2 is 2.37 bits per heavy atom. The first-order valence-electron chi connectivity index (χ1n) is 7.38. The van der Waals surface area contributed by atoms with Crippen molar-refractivity contribution in [2.45, 2.75) is 63.2 Å². The smallest absolute Gasteiger partial charge is 0.323 e. The zero-order valence-electron chi connectivity index (χ0n) is 11.7. The van der Waals surface area contributed by atoms with Crippen LogP contribution in [0.2, 0.25) is 0 Å². The zero-order valence-corrected chi connectivity index (χ0v) is 11.7. The molecule has 0 aromatic rings. The molecule has 1 saturated carbocycles. The van der Waals surface area contributed by atoms with E-state index in [-0.39, 0.29) is 12.2 Å². The summed E-state index contributed by atoms with van der Waals surface area (Å²) >= 11 is 0. The van der Waals surface area contributed by atoms with Gasteiger partial charge in [0.15, 0.2) is 0 Å². The molecule has 0 aromatic heterocycles. The lowest BCUT2D eigenvalue weighted by atomic mass is 9.97. The van der Waals surface area contributed by atoms with Crippen molar-refractivity contribution >= 4 is 5.97 Å². The molecule has 0 spiro atoms. The van der Waals surface area contributed by atoms with Crippen LogP contribution >= 0.6 is 0 Å². The van der Waals surface area contributed by atoms with E-state index in [9.17, 15) is 9.90 Å². The van der Waals surface area contributed by atoms with Crippen molar-refractivity contribution in [3.05, 3.63) is 0 Å². The molecular weight excluding hydrogens is 246 g/mol. The number of carboxylic acids is 1. The number of aliphatic carboxylic acids is 1. The molecule has 110 valence electrons. The second-order valence-corrected chi connectivity index (χ2v) is 5.65. The maximum absolute atomic E-state index is 11.5. The molecule has 5 nitrogen and oxygen atoms in total. The van der Waals surface area contributed by atoms with Crippen LogP contribution in [0.3, 0.4) is 0 Å². The number of hydrogen-bond donors (Lipinski definition) is 2. The van der Waals surface area contributed by atoms with Gasteiger partial charge in [0.2, 0.25) is 0 Å². The Kier molecular flexibility index (Phi) is 5.19. The van der Waals surface area contributed by atoms with Crippen molar-refractivity contribution in [2.24, 2.45) is 0 Å². The largest absolute Gasteiger partial charge is 0.480 e. The molecule has 1 heterocycles. The molecule has 2 N–H and O–H groups in total. The van der Waals surface area contributed by atoms with Gasteiger partial charge in [-0.1, -0.05) is 6.92 Å². The molecule has 2 fully saturated rings. The van der Waals surface area contributed by atoms with Crippen LogP contribution < -0.4 is 5.32 Å². The van der Waals surface area contributed by atoms with Gasteiger partial charge in [-0.05, 0) is 38.6 Å². The van der Waals surface area contributed by atoms with Crippen LogP contribution in [0, 0.1) is 0 Å². The molecule has 3 atom stereocenters. The fraction of sp³-hybridized carbons (Fsp3) is 0.929. The Morgan fingerprint density at radius 3 is 3.00 bits per heavy atom. The first kappa shape index (κ1) is 14.8. The summed E-state index contributed by atoms with van der Waals surface area (Å²) in [7, 11) is 0. The van der Waals surface area contributed by atoms with E-state index >= 15 is 0 Å². The topological polar surface area (TPSA) is 67.8 Å². The highest BCUT2D eigenvalue weighted by atomic mass is 16.5. The maximum Gasteiger partial charge on any atom is 0.323 e. The van der Waals surface area contributed by atoms with Gasteiger partial charge in [-0.3, -0.25) is 4.79 Å². The molecule has 2 aliphatic rings. The van der Waals surface area contributed by atoms with Crippen molar-refractivity contribution in [3.8, 4) is 0 Å². The standard InChI is InChI=1S/C14H25NO4/c1-2-7-15-14(13(16)17)6-5-11(9-14)19-10-12-4-3-8-18-12/h11-12,15H,2-10H2,1H3,(H,16,17). The lowest BCUT2D eigenvalue weighted by Crippen LogP contribution is -2.50. The van der Waals surface area contributed by atoms with Gasteiger partial charge in [0, 0.05) is 13.0 Å². The van der Waals surface area contributed by atoms with Crippen molar-refractivity contribution in [1.82, 2.24) is 5.32 Å². The summed E-state index contributed by atoms with van der Waals surface area (Å²) in [5, 5.41) is 12.6. The Hall–Kier alpha value is -0.650. The van der Waals surface area contributed by atoms with Gasteiger partial charge in [0.05, 0.1) is 18.8 Å². The lowest BCUT2D eigenvalue weighted by molar-refractivity contribution is -0.145. The summed E-state index contributed by atoms with van der Waals surface area (Å²) < 4.78 is 11.4. The Balaban J connectivity index is 1.80. The third-order valence-electron chi connectivity index (χ3n) is 4.13. The van der Waals surface area contributed by atoms with Gasteiger partial charge < -0.3 is 19.9 Å². The summed E-state index contributed by atoms with van der Waals surface area (Å²) in [5.41, 5.74) is -0.781. The molecule has 0 aromatic carbocycles. The third kappa shape index (κ3) is 3.68. The fourth-order valence-corrected chi connectivity index (χ4v) is 2.96. The molecule has 5 heteroatoms. The number of hydrogen-bond acceptors (Lipinski definition) is 4. The molecule has 3 unspecified atom stereocenters. The van der Waals surface area contributed by atoms with Crippen LogP contribution in [0.25, 0.3) is 0 Å². The monoisotopic (exact) mass is 271 g/mol. The minimum Gasteiger partial charge on any atom is -0.480 e. The van der Waals surface area contributed by atoms with Crippen molar-refractivity contribution in [3.63, 3.8) is 0 Å². The summed E-state index contributed by atoms with van der Waals surface area (Å²) in [6.07, 6.45) is 5.40. The first-order chi connectivity index (χ1) is 9.16. The SMILES string of the molecule is CCCNC1(C(=O)O)CCC(OCC2CCCO2)C1. The van der Waals surface area contributed by atoms with Gasteiger partial charge in [-0.2, -0.15) is 0 Å². The first-order valence-corrected chi connectivity index (χ1v) is 7.38. The average molecular weight is 271 g/mol. The van der Waals surface area contributed by atoms with Gasteiger partial charge in [0.1, 0.15) is 5.54 Å². The van der Waals surface area contributed by atoms with E-state index < -0.39 is 11.5 Å². The van der Waals surface area contributed by atoms with Crippen LogP contribution in [0.1, 0.15) is 45.4 Å².